The third-order valence-electron chi connectivity index (χ3n) is 3.02. The zero-order valence-electron chi connectivity index (χ0n) is 9.84. The zero-order valence-corrected chi connectivity index (χ0v) is 9.84. The number of anilines is 1. The lowest BCUT2D eigenvalue weighted by Crippen LogP contribution is -2.32. The maximum absolute atomic E-state index is 13.4. The summed E-state index contributed by atoms with van der Waals surface area (Å²) in [6.45, 7) is 0.135. The third kappa shape index (κ3) is 2.70. The Bertz CT molecular complexity index is 555. The van der Waals surface area contributed by atoms with Gasteiger partial charge >= 0.3 is 6.18 Å². The molecule has 6 heteroatoms. The molecule has 2 nitrogen and oxygen atoms in total. The van der Waals surface area contributed by atoms with Crippen LogP contribution in [0, 0.1) is 17.1 Å². The molecule has 0 atom stereocenters. The minimum atomic E-state index is -4.31. The van der Waals surface area contributed by atoms with Gasteiger partial charge in [0, 0.05) is 18.7 Å². The lowest BCUT2D eigenvalue weighted by atomic mass is 10.1. The largest absolute Gasteiger partial charge is 0.412 e. The molecule has 1 aliphatic heterocycles. The van der Waals surface area contributed by atoms with Crippen LogP contribution in [0.3, 0.4) is 0 Å². The summed E-state index contributed by atoms with van der Waals surface area (Å²) in [7, 11) is 0. The highest BCUT2D eigenvalue weighted by Crippen LogP contribution is 2.32. The van der Waals surface area contributed by atoms with Gasteiger partial charge in [-0.2, -0.15) is 18.4 Å². The highest BCUT2D eigenvalue weighted by atomic mass is 19.4. The number of benzene rings is 1. The molecular weight excluding hydrogens is 260 g/mol. The standard InChI is InChI=1S/C13H10F4N2/c14-11-2-1-3-12(10(11)8-18)19-6-4-9(5-7-19)13(15,16)17/h1-4H,5-7H2. The first kappa shape index (κ1) is 13.4. The van der Waals surface area contributed by atoms with Gasteiger partial charge in [0.2, 0.25) is 0 Å². The summed E-state index contributed by atoms with van der Waals surface area (Å²) >= 11 is 0. The second-order valence-electron chi connectivity index (χ2n) is 4.17. The first-order valence-electron chi connectivity index (χ1n) is 5.63. The Kier molecular flexibility index (Phi) is 3.47. The lowest BCUT2D eigenvalue weighted by Gasteiger charge is -2.29. The van der Waals surface area contributed by atoms with Gasteiger partial charge < -0.3 is 4.90 Å². The first-order valence-corrected chi connectivity index (χ1v) is 5.63. The van der Waals surface area contributed by atoms with Crippen LogP contribution in [0.4, 0.5) is 23.2 Å². The van der Waals surface area contributed by atoms with Crippen LogP contribution in [-0.4, -0.2) is 19.3 Å². The molecule has 0 saturated heterocycles. The minimum Gasteiger partial charge on any atom is -0.366 e. The van der Waals surface area contributed by atoms with E-state index in [0.29, 0.717) is 5.69 Å². The van der Waals surface area contributed by atoms with Crippen molar-refractivity contribution in [2.45, 2.75) is 12.6 Å². The summed E-state index contributed by atoms with van der Waals surface area (Å²) in [4.78, 5) is 1.57. The molecule has 0 aromatic heterocycles. The Balaban J connectivity index is 2.26. The molecule has 0 amide bonds. The van der Waals surface area contributed by atoms with E-state index in [1.54, 1.807) is 11.0 Å². The Labute approximate surface area is 107 Å². The zero-order chi connectivity index (χ0) is 14.0. The molecule has 0 N–H and O–H groups in total. The molecule has 1 heterocycles. The summed E-state index contributed by atoms with van der Waals surface area (Å²) in [6.07, 6.45) is -3.40. The van der Waals surface area contributed by atoms with Crippen molar-refractivity contribution < 1.29 is 17.6 Å². The fourth-order valence-electron chi connectivity index (χ4n) is 2.03. The van der Waals surface area contributed by atoms with E-state index >= 15 is 0 Å². The molecule has 0 unspecified atom stereocenters. The van der Waals surface area contributed by atoms with Gasteiger partial charge in [0.15, 0.2) is 0 Å². The molecule has 0 fully saturated rings. The summed E-state index contributed by atoms with van der Waals surface area (Å²) < 4.78 is 50.9. The Morgan fingerprint density at radius 1 is 1.26 bits per heavy atom. The van der Waals surface area contributed by atoms with Crippen LogP contribution in [0.5, 0.6) is 0 Å². The molecule has 2 rings (SSSR count). The van der Waals surface area contributed by atoms with Gasteiger partial charge in [0.1, 0.15) is 17.4 Å². The summed E-state index contributed by atoms with van der Waals surface area (Å²) in [6, 6.07) is 5.87. The second-order valence-corrected chi connectivity index (χ2v) is 4.17. The normalized spacial score (nSPS) is 15.9. The van der Waals surface area contributed by atoms with Crippen molar-refractivity contribution in [3.63, 3.8) is 0 Å². The van der Waals surface area contributed by atoms with Crippen LogP contribution in [-0.2, 0) is 0 Å². The number of nitriles is 1. The molecular formula is C13H10F4N2. The predicted octanol–water partition coefficient (Wildman–Crippen LogP) is 3.40. The topological polar surface area (TPSA) is 27.0 Å². The minimum absolute atomic E-state index is 0.0208. The quantitative estimate of drug-likeness (QED) is 0.577. The molecule has 0 radical (unpaired) electrons. The summed E-state index contributed by atoms with van der Waals surface area (Å²) in [5.41, 5.74) is -0.370. The first-order chi connectivity index (χ1) is 8.93. The molecule has 0 saturated carbocycles. The van der Waals surface area contributed by atoms with Crippen molar-refractivity contribution in [2.75, 3.05) is 18.0 Å². The van der Waals surface area contributed by atoms with Crippen molar-refractivity contribution in [1.29, 1.82) is 5.26 Å². The molecule has 0 aliphatic carbocycles. The lowest BCUT2D eigenvalue weighted by molar-refractivity contribution is -0.0943. The van der Waals surface area contributed by atoms with E-state index in [-0.39, 0.29) is 25.1 Å². The Morgan fingerprint density at radius 3 is 2.53 bits per heavy atom. The van der Waals surface area contributed by atoms with Crippen LogP contribution in [0.15, 0.2) is 29.8 Å². The van der Waals surface area contributed by atoms with Gasteiger partial charge in [-0.05, 0) is 18.6 Å². The maximum Gasteiger partial charge on any atom is 0.412 e. The second kappa shape index (κ2) is 4.92. The number of alkyl halides is 3. The van der Waals surface area contributed by atoms with E-state index in [9.17, 15) is 17.6 Å². The summed E-state index contributed by atoms with van der Waals surface area (Å²) in [5.74, 6) is -0.661. The highest BCUT2D eigenvalue weighted by Gasteiger charge is 2.35. The van der Waals surface area contributed by atoms with Crippen LogP contribution in [0.25, 0.3) is 0 Å². The number of rotatable bonds is 1. The van der Waals surface area contributed by atoms with Gasteiger partial charge in [0.05, 0.1) is 5.69 Å². The Morgan fingerprint density at radius 2 is 2.00 bits per heavy atom. The fourth-order valence-corrected chi connectivity index (χ4v) is 2.03. The van der Waals surface area contributed by atoms with Gasteiger partial charge in [-0.25, -0.2) is 4.39 Å². The molecule has 0 spiro atoms. The van der Waals surface area contributed by atoms with Gasteiger partial charge in [-0.1, -0.05) is 12.1 Å². The summed E-state index contributed by atoms with van der Waals surface area (Å²) in [5, 5.41) is 8.90. The average Bonchev–Trinajstić information content (AvgIpc) is 2.37. The van der Waals surface area contributed by atoms with Crippen LogP contribution in [0.2, 0.25) is 0 Å². The van der Waals surface area contributed by atoms with Crippen molar-refractivity contribution in [3.8, 4) is 6.07 Å². The van der Waals surface area contributed by atoms with E-state index < -0.39 is 17.6 Å². The average molecular weight is 270 g/mol. The van der Waals surface area contributed by atoms with E-state index in [1.807, 2.05) is 0 Å². The monoisotopic (exact) mass is 270 g/mol. The molecule has 1 aromatic carbocycles. The molecule has 100 valence electrons. The number of hydrogen-bond donors (Lipinski definition) is 0. The molecule has 0 bridgehead atoms. The van der Waals surface area contributed by atoms with Crippen molar-refractivity contribution in [3.05, 3.63) is 41.2 Å². The molecule has 19 heavy (non-hydrogen) atoms. The van der Waals surface area contributed by atoms with E-state index in [4.69, 9.17) is 5.26 Å². The number of halogens is 4. The van der Waals surface area contributed by atoms with Crippen molar-refractivity contribution in [1.82, 2.24) is 0 Å². The molecule has 1 aromatic rings. The van der Waals surface area contributed by atoms with Crippen LogP contribution in [0.1, 0.15) is 12.0 Å². The highest BCUT2D eigenvalue weighted by molar-refractivity contribution is 5.60. The van der Waals surface area contributed by atoms with E-state index in [0.717, 1.165) is 12.1 Å². The maximum atomic E-state index is 13.4. The van der Waals surface area contributed by atoms with Crippen LogP contribution < -0.4 is 4.90 Å². The SMILES string of the molecule is N#Cc1c(F)cccc1N1CC=C(C(F)(F)F)CC1. The third-order valence-corrected chi connectivity index (χ3v) is 3.02. The van der Waals surface area contributed by atoms with Crippen molar-refractivity contribution in [2.24, 2.45) is 0 Å². The van der Waals surface area contributed by atoms with Crippen LogP contribution >= 0.6 is 0 Å². The number of nitrogens with zero attached hydrogens (tertiary/aromatic N) is 2. The predicted molar refractivity (Wildman–Crippen MR) is 62.1 cm³/mol. The van der Waals surface area contributed by atoms with Crippen molar-refractivity contribution >= 4 is 5.69 Å². The van der Waals surface area contributed by atoms with Gasteiger partial charge in [-0.15, -0.1) is 0 Å². The Hall–Kier alpha value is -2.03. The number of hydrogen-bond acceptors (Lipinski definition) is 2. The van der Waals surface area contributed by atoms with Gasteiger partial charge in [0.25, 0.3) is 0 Å². The van der Waals surface area contributed by atoms with E-state index in [1.165, 1.54) is 12.1 Å². The van der Waals surface area contributed by atoms with Gasteiger partial charge in [-0.3, -0.25) is 0 Å². The smallest absolute Gasteiger partial charge is 0.366 e. The molecule has 1 aliphatic rings. The van der Waals surface area contributed by atoms with E-state index in [2.05, 4.69) is 0 Å². The fraction of sp³-hybridized carbons (Fsp3) is 0.308.